The van der Waals surface area contributed by atoms with Crippen LogP contribution in [0.15, 0.2) is 35.4 Å². The molecular weight excluding hydrogens is 569 g/mol. The van der Waals surface area contributed by atoms with Gasteiger partial charge in [0.25, 0.3) is 0 Å². The van der Waals surface area contributed by atoms with E-state index in [9.17, 15) is 0 Å². The number of hydrogen-bond acceptors (Lipinski definition) is 8. The van der Waals surface area contributed by atoms with Gasteiger partial charge < -0.3 is 0 Å². The summed E-state index contributed by atoms with van der Waals surface area (Å²) in [5.41, 5.74) is 5.20. The van der Waals surface area contributed by atoms with Crippen LogP contribution in [0.25, 0.3) is 44.9 Å². The zero-order valence-electron chi connectivity index (χ0n) is 22.0. The number of thiophene rings is 4. The first-order chi connectivity index (χ1) is 19.1. The number of fused-ring (bicyclic) bond motifs is 5. The second kappa shape index (κ2) is 9.28. The van der Waals surface area contributed by atoms with Crippen molar-refractivity contribution in [2.45, 2.75) is 38.5 Å². The Bertz CT molecular complexity index is 1870. The molecule has 4 nitrogen and oxygen atoms in total. The first kappa shape index (κ1) is 26.2. The summed E-state index contributed by atoms with van der Waals surface area (Å²) in [7, 11) is 0. The summed E-state index contributed by atoms with van der Waals surface area (Å²) >= 11 is 6.97. The summed E-state index contributed by atoms with van der Waals surface area (Å²) in [6, 6.07) is 15.9. The molecule has 2 aliphatic rings. The van der Waals surface area contributed by atoms with E-state index < -0.39 is 0 Å². The van der Waals surface area contributed by atoms with Crippen LogP contribution in [0.2, 0.25) is 0 Å². The predicted molar refractivity (Wildman–Crippen MR) is 169 cm³/mol. The number of nitrogens with zero attached hydrogens (tertiary/aromatic N) is 4. The molecule has 0 radical (unpaired) electrons. The van der Waals surface area contributed by atoms with Gasteiger partial charge in [0.1, 0.15) is 35.4 Å². The van der Waals surface area contributed by atoms with Crippen LogP contribution in [0.1, 0.15) is 68.1 Å². The van der Waals surface area contributed by atoms with Gasteiger partial charge in [-0.2, -0.15) is 21.0 Å². The lowest BCUT2D eigenvalue weighted by molar-refractivity contribution is 0.712. The van der Waals surface area contributed by atoms with Gasteiger partial charge in [-0.15, -0.1) is 45.3 Å². The van der Waals surface area contributed by atoms with E-state index in [2.05, 4.69) is 52.0 Å². The maximum Gasteiger partial charge on any atom is 0.131 e. The molecule has 192 valence electrons. The number of nitriles is 4. The Morgan fingerprint density at radius 2 is 0.975 bits per heavy atom. The molecule has 0 fully saturated rings. The molecule has 4 heterocycles. The molecule has 4 aromatic heterocycles. The summed E-state index contributed by atoms with van der Waals surface area (Å²) in [5, 5.41) is 36.5. The molecule has 6 rings (SSSR count). The van der Waals surface area contributed by atoms with Crippen LogP contribution < -0.4 is 0 Å². The first-order valence-corrected chi connectivity index (χ1v) is 15.7. The van der Waals surface area contributed by atoms with E-state index in [4.69, 9.17) is 21.0 Å². The second-order valence-corrected chi connectivity index (χ2v) is 15.0. The number of rotatable bonds is 4. The van der Waals surface area contributed by atoms with Crippen LogP contribution >= 0.6 is 45.3 Å². The van der Waals surface area contributed by atoms with Crippen molar-refractivity contribution >= 4 is 90.2 Å². The predicted octanol–water partition coefficient (Wildman–Crippen LogP) is 9.61. The van der Waals surface area contributed by atoms with Gasteiger partial charge in [-0.05, 0) is 70.8 Å². The van der Waals surface area contributed by atoms with Gasteiger partial charge in [-0.1, -0.05) is 27.7 Å². The van der Waals surface area contributed by atoms with Gasteiger partial charge in [0, 0.05) is 40.1 Å². The van der Waals surface area contributed by atoms with E-state index in [0.29, 0.717) is 0 Å². The van der Waals surface area contributed by atoms with E-state index in [1.165, 1.54) is 41.4 Å². The molecule has 0 spiro atoms. The van der Waals surface area contributed by atoms with Crippen molar-refractivity contribution < 1.29 is 0 Å². The van der Waals surface area contributed by atoms with Gasteiger partial charge in [0.05, 0.1) is 9.40 Å². The smallest absolute Gasteiger partial charge is 0.131 e. The average Bonchev–Trinajstić information content (AvgIpc) is 3.74. The van der Waals surface area contributed by atoms with Gasteiger partial charge in [0.15, 0.2) is 0 Å². The molecule has 0 unspecified atom stereocenters. The van der Waals surface area contributed by atoms with Crippen molar-refractivity contribution in [1.29, 1.82) is 21.0 Å². The normalized spacial score (nSPS) is 15.6. The van der Waals surface area contributed by atoms with Crippen molar-refractivity contribution in [2.24, 2.45) is 0 Å². The van der Waals surface area contributed by atoms with E-state index >= 15 is 0 Å². The largest absolute Gasteiger partial charge is 0.192 e. The Labute approximate surface area is 248 Å². The Kier molecular flexibility index (Phi) is 6.08. The zero-order valence-corrected chi connectivity index (χ0v) is 25.3. The Balaban J connectivity index is 1.38. The molecule has 0 aliphatic heterocycles. The SMILES string of the molecule is CC1(C)C(c2ccc(C=C(C#N)C#N)s2)=Cc2sc3c4c(sc3c21)C=C(c1ccc(C=C(C#N)C#N)s1)C4(C)C. The molecule has 0 N–H and O–H groups in total. The summed E-state index contributed by atoms with van der Waals surface area (Å²) in [4.78, 5) is 6.74. The topological polar surface area (TPSA) is 95.2 Å². The fourth-order valence-corrected chi connectivity index (χ4v) is 11.3. The quantitative estimate of drug-likeness (QED) is 0.222. The third-order valence-corrected chi connectivity index (χ3v) is 12.1. The fourth-order valence-electron chi connectivity index (χ4n) is 5.62. The monoisotopic (exact) mass is 588 g/mol. The summed E-state index contributed by atoms with van der Waals surface area (Å²) in [6.45, 7) is 9.15. The minimum absolute atomic E-state index is 0.112. The summed E-state index contributed by atoms with van der Waals surface area (Å²) in [6.07, 6.45) is 7.95. The van der Waals surface area contributed by atoms with Crippen molar-refractivity contribution in [3.63, 3.8) is 0 Å². The molecule has 0 atom stereocenters. The van der Waals surface area contributed by atoms with Crippen molar-refractivity contribution in [3.05, 3.63) is 75.8 Å². The number of hydrogen-bond donors (Lipinski definition) is 0. The molecular formula is C32H20N4S4. The summed E-state index contributed by atoms with van der Waals surface area (Å²) in [5.74, 6) is 0. The lowest BCUT2D eigenvalue weighted by Gasteiger charge is -2.24. The fraction of sp³-hybridized carbons (Fsp3) is 0.188. The van der Waals surface area contributed by atoms with E-state index in [1.54, 1.807) is 34.8 Å². The third kappa shape index (κ3) is 3.85. The maximum atomic E-state index is 9.13. The van der Waals surface area contributed by atoms with Gasteiger partial charge >= 0.3 is 0 Å². The Morgan fingerprint density at radius 1 is 0.600 bits per heavy atom. The van der Waals surface area contributed by atoms with Gasteiger partial charge in [-0.25, -0.2) is 0 Å². The second-order valence-electron chi connectivity index (χ2n) is 10.7. The van der Waals surface area contributed by atoms with Crippen molar-refractivity contribution in [2.75, 3.05) is 0 Å². The minimum Gasteiger partial charge on any atom is -0.192 e. The lowest BCUT2D eigenvalue weighted by atomic mass is 9.80. The molecule has 0 saturated heterocycles. The molecule has 0 aromatic carbocycles. The van der Waals surface area contributed by atoms with Crippen molar-refractivity contribution in [3.8, 4) is 24.3 Å². The molecule has 0 bridgehead atoms. The van der Waals surface area contributed by atoms with Gasteiger partial charge in [-0.3, -0.25) is 0 Å². The highest BCUT2D eigenvalue weighted by molar-refractivity contribution is 7.29. The van der Waals surface area contributed by atoms with Crippen LogP contribution in [0.3, 0.4) is 0 Å². The highest BCUT2D eigenvalue weighted by Gasteiger charge is 2.43. The maximum absolute atomic E-state index is 9.13. The highest BCUT2D eigenvalue weighted by Crippen LogP contribution is 2.60. The molecule has 0 amide bonds. The summed E-state index contributed by atoms with van der Waals surface area (Å²) < 4.78 is 2.72. The van der Waals surface area contributed by atoms with Crippen LogP contribution in [0.5, 0.6) is 0 Å². The Hall–Kier alpha value is -4.02. The third-order valence-electron chi connectivity index (χ3n) is 7.56. The Morgan fingerprint density at radius 3 is 1.32 bits per heavy atom. The van der Waals surface area contributed by atoms with Crippen LogP contribution in [0, 0.1) is 45.3 Å². The van der Waals surface area contributed by atoms with Crippen molar-refractivity contribution in [1.82, 2.24) is 0 Å². The van der Waals surface area contributed by atoms with Crippen LogP contribution in [0.4, 0.5) is 0 Å². The van der Waals surface area contributed by atoms with E-state index in [1.807, 2.05) is 59.1 Å². The van der Waals surface area contributed by atoms with Crippen LogP contribution in [-0.2, 0) is 10.8 Å². The average molecular weight is 589 g/mol. The molecule has 40 heavy (non-hydrogen) atoms. The first-order valence-electron chi connectivity index (χ1n) is 12.4. The lowest BCUT2D eigenvalue weighted by Crippen LogP contribution is -2.16. The standard InChI is InChI=1S/C32H20N4S4/c1-31(2)21(23-7-5-19(37-23)9-17(13-33)14-34)11-25-27(31)29-30(39-25)28-26(40-29)12-22(32(28,3)4)24-8-6-20(38-24)10-18(15-35)16-36/h5-12H,1-4H3. The van der Waals surface area contributed by atoms with Gasteiger partial charge in [0.2, 0.25) is 0 Å². The van der Waals surface area contributed by atoms with E-state index in [-0.39, 0.29) is 22.0 Å². The zero-order chi connectivity index (χ0) is 28.4. The van der Waals surface area contributed by atoms with E-state index in [0.717, 1.165) is 19.5 Å². The number of allylic oxidation sites excluding steroid dienone is 4. The minimum atomic E-state index is -0.170. The molecule has 0 saturated carbocycles. The molecule has 8 heteroatoms. The molecule has 4 aromatic rings. The highest BCUT2D eigenvalue weighted by atomic mass is 32.1. The molecule has 2 aliphatic carbocycles. The van der Waals surface area contributed by atoms with Crippen LogP contribution in [-0.4, -0.2) is 0 Å².